The molecule has 0 radical (unpaired) electrons. The fourth-order valence-electron chi connectivity index (χ4n) is 4.36. The maximum atomic E-state index is 13.0. The van der Waals surface area contributed by atoms with Crippen molar-refractivity contribution in [1.29, 1.82) is 0 Å². The molecule has 0 aliphatic carbocycles. The summed E-state index contributed by atoms with van der Waals surface area (Å²) >= 11 is 0. The number of hydrogen-bond acceptors (Lipinski definition) is 3. The van der Waals surface area contributed by atoms with Gasteiger partial charge in [0.05, 0.1) is 11.7 Å². The molecule has 1 fully saturated rings. The minimum absolute atomic E-state index is 0.0636. The van der Waals surface area contributed by atoms with Crippen LogP contribution >= 0.6 is 0 Å². The molecule has 2 aromatic heterocycles. The van der Waals surface area contributed by atoms with Crippen LogP contribution in [-0.2, 0) is 0 Å². The first-order valence-electron chi connectivity index (χ1n) is 9.62. The maximum Gasteiger partial charge on any atom is 0.322 e. The lowest BCUT2D eigenvalue weighted by molar-refractivity contribution is 0.207. The number of hydrogen-bond donors (Lipinski definition) is 2. The van der Waals surface area contributed by atoms with Crippen molar-refractivity contribution in [3.63, 3.8) is 0 Å². The Bertz CT molecular complexity index is 1170. The topological polar surface area (TPSA) is 74.2 Å². The number of rotatable bonds is 2. The number of para-hydroxylation sites is 1. The molecule has 28 heavy (non-hydrogen) atoms. The van der Waals surface area contributed by atoms with Crippen molar-refractivity contribution in [2.24, 2.45) is 0 Å². The molecule has 0 bridgehead atoms. The number of amides is 2. The first-order chi connectivity index (χ1) is 13.6. The van der Waals surface area contributed by atoms with E-state index in [1.807, 2.05) is 61.2 Å². The van der Waals surface area contributed by atoms with Crippen LogP contribution < -0.4 is 5.32 Å². The van der Waals surface area contributed by atoms with Gasteiger partial charge in [-0.3, -0.25) is 5.10 Å². The summed E-state index contributed by atoms with van der Waals surface area (Å²) in [5, 5.41) is 12.5. The van der Waals surface area contributed by atoms with Gasteiger partial charge >= 0.3 is 6.03 Å². The van der Waals surface area contributed by atoms with E-state index in [9.17, 15) is 4.79 Å². The highest BCUT2D eigenvalue weighted by Gasteiger charge is 2.33. The highest BCUT2D eigenvalue weighted by molar-refractivity contribution is 6.06. The van der Waals surface area contributed by atoms with E-state index >= 15 is 0 Å². The summed E-state index contributed by atoms with van der Waals surface area (Å²) in [6.07, 6.45) is 1.95. The first-order valence-corrected chi connectivity index (χ1v) is 9.62. The second-order valence-corrected chi connectivity index (χ2v) is 7.44. The molecule has 2 N–H and O–H groups in total. The van der Waals surface area contributed by atoms with Gasteiger partial charge in [-0.2, -0.15) is 5.10 Å². The summed E-state index contributed by atoms with van der Waals surface area (Å²) in [6.45, 7) is 4.75. The summed E-state index contributed by atoms with van der Waals surface area (Å²) in [4.78, 5) is 14.9. The van der Waals surface area contributed by atoms with E-state index in [-0.39, 0.29) is 12.1 Å². The monoisotopic (exact) mass is 374 g/mol. The van der Waals surface area contributed by atoms with Crippen LogP contribution in [0, 0.1) is 13.8 Å². The van der Waals surface area contributed by atoms with Crippen molar-refractivity contribution in [2.75, 3.05) is 11.9 Å². The quantitative estimate of drug-likeness (QED) is 0.500. The molecule has 1 atom stereocenters. The number of benzene rings is 2. The predicted molar refractivity (Wildman–Crippen MR) is 109 cm³/mol. The van der Waals surface area contributed by atoms with Crippen molar-refractivity contribution in [3.05, 3.63) is 59.4 Å². The van der Waals surface area contributed by atoms with Gasteiger partial charge in [-0.05, 0) is 44.9 Å². The van der Waals surface area contributed by atoms with Crippen molar-refractivity contribution in [2.45, 2.75) is 32.7 Å². The van der Waals surface area contributed by atoms with Crippen molar-refractivity contribution in [3.8, 4) is 0 Å². The van der Waals surface area contributed by atoms with Crippen molar-refractivity contribution in [1.82, 2.24) is 15.1 Å². The van der Waals surface area contributed by atoms with Gasteiger partial charge in [-0.15, -0.1) is 0 Å². The molecule has 0 unspecified atom stereocenters. The van der Waals surface area contributed by atoms with Crippen LogP contribution in [-0.4, -0.2) is 27.7 Å². The summed E-state index contributed by atoms with van der Waals surface area (Å²) in [5.74, 6) is 0. The van der Waals surface area contributed by atoms with E-state index in [4.69, 9.17) is 4.42 Å². The van der Waals surface area contributed by atoms with Crippen LogP contribution in [0.15, 0.2) is 46.9 Å². The number of furan rings is 1. The van der Waals surface area contributed by atoms with Crippen molar-refractivity contribution < 1.29 is 9.21 Å². The predicted octanol–water partition coefficient (Wildman–Crippen LogP) is 5.29. The Morgan fingerprint density at radius 1 is 1.18 bits per heavy atom. The zero-order chi connectivity index (χ0) is 19.3. The summed E-state index contributed by atoms with van der Waals surface area (Å²) in [6, 6.07) is 13.8. The third-order valence-corrected chi connectivity index (χ3v) is 5.66. The third-order valence-electron chi connectivity index (χ3n) is 5.66. The highest BCUT2D eigenvalue weighted by atomic mass is 16.3. The fourth-order valence-corrected chi connectivity index (χ4v) is 4.36. The minimum atomic E-state index is -0.0852. The number of likely N-dealkylation sites (tertiary alicyclic amines) is 1. The second-order valence-electron chi connectivity index (χ2n) is 7.44. The second kappa shape index (κ2) is 6.41. The van der Waals surface area contributed by atoms with Gasteiger partial charge in [0, 0.05) is 40.3 Å². The molecule has 142 valence electrons. The van der Waals surface area contributed by atoms with Crippen LogP contribution in [0.1, 0.15) is 35.8 Å². The van der Waals surface area contributed by atoms with Crippen LogP contribution in [0.25, 0.3) is 21.9 Å². The van der Waals surface area contributed by atoms with Gasteiger partial charge in [0.15, 0.2) is 0 Å². The highest BCUT2D eigenvalue weighted by Crippen LogP contribution is 2.36. The van der Waals surface area contributed by atoms with Crippen LogP contribution in [0.5, 0.6) is 0 Å². The Balaban J connectivity index is 1.42. The molecule has 1 aliphatic heterocycles. The number of nitrogens with zero attached hydrogens (tertiary/aromatic N) is 2. The zero-order valence-electron chi connectivity index (χ0n) is 16.0. The number of carbonyl (C=O) groups is 1. The standard InChI is InChI=1S/C22H22N4O2/c1-13-21(14(2)25-24-13)18-7-5-11-26(18)22(27)23-15-9-10-17-16-6-3-4-8-19(16)28-20(17)12-15/h3-4,6,8-10,12,18H,5,7,11H2,1-2H3,(H,23,27)(H,24,25)/t18-/m1/s1. The molecule has 4 aromatic rings. The van der Waals surface area contributed by atoms with Gasteiger partial charge in [0.1, 0.15) is 11.2 Å². The first kappa shape index (κ1) is 16.9. The lowest BCUT2D eigenvalue weighted by atomic mass is 10.0. The molecule has 5 rings (SSSR count). The third kappa shape index (κ3) is 2.64. The fraction of sp³-hybridized carbons (Fsp3) is 0.273. The van der Waals surface area contributed by atoms with E-state index in [0.29, 0.717) is 0 Å². The average molecular weight is 374 g/mol. The van der Waals surface area contributed by atoms with Crippen LogP contribution in [0.2, 0.25) is 0 Å². The van der Waals surface area contributed by atoms with Gasteiger partial charge in [0.2, 0.25) is 0 Å². The van der Waals surface area contributed by atoms with Gasteiger partial charge in [-0.1, -0.05) is 18.2 Å². The number of nitrogens with one attached hydrogen (secondary N) is 2. The molecule has 1 saturated heterocycles. The molecule has 3 heterocycles. The Labute approximate surface area is 162 Å². The Hall–Kier alpha value is -3.28. The summed E-state index contributed by atoms with van der Waals surface area (Å²) < 4.78 is 5.93. The molecule has 1 aliphatic rings. The maximum absolute atomic E-state index is 13.0. The molecule has 2 aromatic carbocycles. The molecular weight excluding hydrogens is 352 g/mol. The number of anilines is 1. The van der Waals surface area contributed by atoms with E-state index < -0.39 is 0 Å². The molecule has 6 nitrogen and oxygen atoms in total. The normalized spacial score (nSPS) is 16.9. The smallest absolute Gasteiger partial charge is 0.322 e. The van der Waals surface area contributed by atoms with Gasteiger partial charge < -0.3 is 14.6 Å². The number of H-pyrrole nitrogens is 1. The molecule has 0 spiro atoms. The number of fused-ring (bicyclic) bond motifs is 3. The lowest BCUT2D eigenvalue weighted by Crippen LogP contribution is -2.34. The Kier molecular flexibility index (Phi) is 3.86. The summed E-state index contributed by atoms with van der Waals surface area (Å²) in [5.41, 5.74) is 5.50. The number of urea groups is 1. The van der Waals surface area contributed by atoms with Crippen molar-refractivity contribution >= 4 is 33.7 Å². The van der Waals surface area contributed by atoms with E-state index in [1.165, 1.54) is 0 Å². The van der Waals surface area contributed by atoms with Gasteiger partial charge in [-0.25, -0.2) is 4.79 Å². The largest absolute Gasteiger partial charge is 0.456 e. The number of aromatic amines is 1. The van der Waals surface area contributed by atoms with Gasteiger partial charge in [0.25, 0.3) is 0 Å². The molecule has 2 amide bonds. The van der Waals surface area contributed by atoms with E-state index in [2.05, 4.69) is 15.5 Å². The Morgan fingerprint density at radius 2 is 2.00 bits per heavy atom. The SMILES string of the molecule is Cc1n[nH]c(C)c1[C@H]1CCCN1C(=O)Nc1ccc2c(c1)oc1ccccc12. The van der Waals surface area contributed by atoms with E-state index in [1.54, 1.807) is 0 Å². The number of carbonyl (C=O) groups excluding carboxylic acids is 1. The lowest BCUT2D eigenvalue weighted by Gasteiger charge is -2.25. The molecule has 0 saturated carbocycles. The average Bonchev–Trinajstić information content (AvgIpc) is 3.38. The Morgan fingerprint density at radius 3 is 2.82 bits per heavy atom. The number of aromatic nitrogens is 2. The van der Waals surface area contributed by atoms with Crippen LogP contribution in [0.4, 0.5) is 10.5 Å². The molecule has 6 heteroatoms. The summed E-state index contributed by atoms with van der Waals surface area (Å²) in [7, 11) is 0. The number of aryl methyl sites for hydroxylation is 2. The van der Waals surface area contributed by atoms with E-state index in [0.717, 1.165) is 64.0 Å². The minimum Gasteiger partial charge on any atom is -0.456 e. The zero-order valence-corrected chi connectivity index (χ0v) is 16.0. The van der Waals surface area contributed by atoms with Crippen LogP contribution in [0.3, 0.4) is 0 Å². The molecular formula is C22H22N4O2.